The Bertz CT molecular complexity index is 1120. The number of carbonyl (C=O) groups is 2. The van der Waals surface area contributed by atoms with Gasteiger partial charge in [0.25, 0.3) is 0 Å². The van der Waals surface area contributed by atoms with Gasteiger partial charge in [0, 0.05) is 12.8 Å². The SMILES string of the molecule is CCC/C=C\C/C=C\CCCCCCCC(=O)OCCCCCCCCCCCCCCCCCCCCCCCCCCCCCCC(=O)NC(CO)C(O)CCCCCCCCCCCCCCCC. The molecule has 0 aromatic rings. The maximum atomic E-state index is 12.5. The Hall–Kier alpha value is -1.66. The third kappa shape index (κ3) is 57.6. The molecule has 6 heteroatoms. The van der Waals surface area contributed by atoms with Crippen molar-refractivity contribution in [3.63, 3.8) is 0 Å². The first-order valence-corrected chi connectivity index (χ1v) is 32.6. The number of aliphatic hydroxyl groups excluding tert-OH is 2. The predicted octanol–water partition coefficient (Wildman–Crippen LogP) is 20.6. The average Bonchev–Trinajstić information content (AvgIpc) is 3.38. The van der Waals surface area contributed by atoms with Crippen LogP contribution in [-0.4, -0.2) is 47.4 Å². The van der Waals surface area contributed by atoms with Gasteiger partial charge >= 0.3 is 5.97 Å². The third-order valence-electron chi connectivity index (χ3n) is 15.2. The molecule has 1 amide bonds. The lowest BCUT2D eigenvalue weighted by Crippen LogP contribution is -2.45. The summed E-state index contributed by atoms with van der Waals surface area (Å²) in [5.74, 6) is -0.0261. The van der Waals surface area contributed by atoms with Crippen LogP contribution in [0.5, 0.6) is 0 Å². The molecule has 0 spiro atoms. The molecule has 0 fully saturated rings. The Kier molecular flexibility index (Phi) is 60.5. The summed E-state index contributed by atoms with van der Waals surface area (Å²) < 4.78 is 5.47. The summed E-state index contributed by atoms with van der Waals surface area (Å²) in [6.45, 7) is 4.91. The molecule has 0 heterocycles. The van der Waals surface area contributed by atoms with Crippen LogP contribution in [0.15, 0.2) is 24.3 Å². The topological polar surface area (TPSA) is 95.9 Å². The molecule has 0 aromatic heterocycles. The number of allylic oxidation sites excluding steroid dienone is 4. The number of esters is 1. The molecular weight excluding hydrogens is 887 g/mol. The van der Waals surface area contributed by atoms with E-state index in [2.05, 4.69) is 43.5 Å². The zero-order valence-corrected chi connectivity index (χ0v) is 48.7. The van der Waals surface area contributed by atoms with Crippen LogP contribution < -0.4 is 5.32 Å². The van der Waals surface area contributed by atoms with E-state index >= 15 is 0 Å². The van der Waals surface area contributed by atoms with Crippen molar-refractivity contribution in [3.05, 3.63) is 24.3 Å². The van der Waals surface area contributed by atoms with Crippen molar-refractivity contribution in [1.82, 2.24) is 5.32 Å². The molecule has 0 radical (unpaired) electrons. The van der Waals surface area contributed by atoms with Crippen LogP contribution in [0.1, 0.15) is 361 Å². The van der Waals surface area contributed by atoms with Gasteiger partial charge in [-0.15, -0.1) is 0 Å². The molecule has 3 N–H and O–H groups in total. The minimum absolute atomic E-state index is 0.00373. The molecule has 2 atom stereocenters. The number of hydrogen-bond donors (Lipinski definition) is 3. The number of aliphatic hydroxyl groups is 2. The molecule has 426 valence electrons. The van der Waals surface area contributed by atoms with Crippen molar-refractivity contribution in [1.29, 1.82) is 0 Å². The number of ether oxygens (including phenoxy) is 1. The second-order valence-corrected chi connectivity index (χ2v) is 22.5. The highest BCUT2D eigenvalue weighted by Gasteiger charge is 2.20. The quantitative estimate of drug-likeness (QED) is 0.0320. The fourth-order valence-corrected chi connectivity index (χ4v) is 10.3. The summed E-state index contributed by atoms with van der Waals surface area (Å²) in [4.78, 5) is 24.5. The highest BCUT2D eigenvalue weighted by molar-refractivity contribution is 5.76. The van der Waals surface area contributed by atoms with E-state index in [0.29, 0.717) is 25.9 Å². The Labute approximate surface area is 450 Å². The van der Waals surface area contributed by atoms with Crippen LogP contribution in [-0.2, 0) is 14.3 Å². The molecular formula is C66H127NO5. The number of nitrogens with one attached hydrogen (secondary N) is 1. The number of hydrogen-bond acceptors (Lipinski definition) is 5. The fourth-order valence-electron chi connectivity index (χ4n) is 10.3. The molecule has 0 aliphatic heterocycles. The van der Waals surface area contributed by atoms with Crippen molar-refractivity contribution in [2.45, 2.75) is 373 Å². The minimum Gasteiger partial charge on any atom is -0.466 e. The van der Waals surface area contributed by atoms with E-state index in [1.54, 1.807) is 0 Å². The molecule has 0 aliphatic carbocycles. The van der Waals surface area contributed by atoms with Gasteiger partial charge in [-0.1, -0.05) is 321 Å². The second kappa shape index (κ2) is 61.9. The number of unbranched alkanes of at least 4 members (excludes halogenated alkanes) is 46. The lowest BCUT2D eigenvalue weighted by molar-refractivity contribution is -0.143. The molecule has 72 heavy (non-hydrogen) atoms. The van der Waals surface area contributed by atoms with Crippen LogP contribution in [0.25, 0.3) is 0 Å². The molecule has 0 aromatic carbocycles. The smallest absolute Gasteiger partial charge is 0.305 e. The Balaban J connectivity index is 3.33. The second-order valence-electron chi connectivity index (χ2n) is 22.5. The molecule has 2 unspecified atom stereocenters. The van der Waals surface area contributed by atoms with Crippen molar-refractivity contribution in [2.24, 2.45) is 0 Å². The predicted molar refractivity (Wildman–Crippen MR) is 315 cm³/mol. The van der Waals surface area contributed by atoms with Crippen molar-refractivity contribution in [3.8, 4) is 0 Å². The lowest BCUT2D eigenvalue weighted by atomic mass is 10.0. The maximum Gasteiger partial charge on any atom is 0.305 e. The van der Waals surface area contributed by atoms with Gasteiger partial charge in [0.2, 0.25) is 5.91 Å². The van der Waals surface area contributed by atoms with Gasteiger partial charge < -0.3 is 20.3 Å². The zero-order valence-electron chi connectivity index (χ0n) is 48.7. The van der Waals surface area contributed by atoms with E-state index in [0.717, 1.165) is 51.4 Å². The molecule has 0 bridgehead atoms. The summed E-state index contributed by atoms with van der Waals surface area (Å²) in [6.07, 6.45) is 76.4. The molecule has 0 aliphatic rings. The first-order valence-electron chi connectivity index (χ1n) is 32.6. The van der Waals surface area contributed by atoms with Crippen LogP contribution in [0.4, 0.5) is 0 Å². The first kappa shape index (κ1) is 70.3. The van der Waals surface area contributed by atoms with Crippen molar-refractivity contribution in [2.75, 3.05) is 13.2 Å². The maximum absolute atomic E-state index is 12.5. The van der Waals surface area contributed by atoms with Crippen molar-refractivity contribution >= 4 is 11.9 Å². The van der Waals surface area contributed by atoms with Crippen LogP contribution >= 0.6 is 0 Å². The van der Waals surface area contributed by atoms with Gasteiger partial charge in [-0.2, -0.15) is 0 Å². The first-order chi connectivity index (χ1) is 35.5. The van der Waals surface area contributed by atoms with Crippen LogP contribution in [0, 0.1) is 0 Å². The largest absolute Gasteiger partial charge is 0.466 e. The minimum atomic E-state index is -0.661. The van der Waals surface area contributed by atoms with E-state index in [4.69, 9.17) is 4.74 Å². The highest BCUT2D eigenvalue weighted by Crippen LogP contribution is 2.19. The third-order valence-corrected chi connectivity index (χ3v) is 15.2. The standard InChI is InChI=1S/C66H127NO5/c1-3-5-7-9-11-13-15-17-35-38-42-46-50-54-58-64(69)63(62-68)67-65(70)59-55-51-47-43-39-36-32-30-28-26-24-22-20-18-19-21-23-25-27-29-31-33-37-41-45-49-53-57-61-72-66(71)60-56-52-48-44-40-34-16-14-12-10-8-6-4-2/h8,10,14,16,63-64,68-69H,3-7,9,11-13,15,17-62H2,1-2H3,(H,67,70)/b10-8-,16-14-. The van der Waals surface area contributed by atoms with Crippen molar-refractivity contribution < 1.29 is 24.5 Å². The summed E-state index contributed by atoms with van der Waals surface area (Å²) >= 11 is 0. The number of amides is 1. The van der Waals surface area contributed by atoms with Crippen LogP contribution in [0.2, 0.25) is 0 Å². The highest BCUT2D eigenvalue weighted by atomic mass is 16.5. The monoisotopic (exact) mass is 1010 g/mol. The average molecular weight is 1010 g/mol. The normalized spacial score (nSPS) is 12.7. The van der Waals surface area contributed by atoms with E-state index in [9.17, 15) is 19.8 Å². The lowest BCUT2D eigenvalue weighted by Gasteiger charge is -2.22. The summed E-state index contributed by atoms with van der Waals surface area (Å²) in [7, 11) is 0. The molecule has 0 saturated carbocycles. The van der Waals surface area contributed by atoms with Gasteiger partial charge in [-0.05, 0) is 51.4 Å². The van der Waals surface area contributed by atoms with E-state index in [-0.39, 0.29) is 18.5 Å². The molecule has 6 nitrogen and oxygen atoms in total. The number of rotatable bonds is 61. The van der Waals surface area contributed by atoms with Gasteiger partial charge in [-0.25, -0.2) is 0 Å². The van der Waals surface area contributed by atoms with E-state index < -0.39 is 12.1 Å². The fraction of sp³-hybridized carbons (Fsp3) is 0.909. The Morgan fingerprint density at radius 3 is 1.11 bits per heavy atom. The van der Waals surface area contributed by atoms with Crippen LogP contribution in [0.3, 0.4) is 0 Å². The summed E-state index contributed by atoms with van der Waals surface area (Å²) in [6, 6.07) is -0.538. The van der Waals surface area contributed by atoms with Gasteiger partial charge in [0.05, 0.1) is 25.4 Å². The summed E-state index contributed by atoms with van der Waals surface area (Å²) in [5.41, 5.74) is 0. The Morgan fingerprint density at radius 1 is 0.389 bits per heavy atom. The number of carbonyl (C=O) groups excluding carboxylic acids is 2. The van der Waals surface area contributed by atoms with Gasteiger partial charge in [-0.3, -0.25) is 9.59 Å². The van der Waals surface area contributed by atoms with E-state index in [1.165, 1.54) is 276 Å². The van der Waals surface area contributed by atoms with Gasteiger partial charge in [0.1, 0.15) is 0 Å². The van der Waals surface area contributed by atoms with Gasteiger partial charge in [0.15, 0.2) is 0 Å². The molecule has 0 saturated heterocycles. The van der Waals surface area contributed by atoms with E-state index in [1.807, 2.05) is 0 Å². The molecule has 0 rings (SSSR count). The summed E-state index contributed by atoms with van der Waals surface area (Å²) in [5, 5.41) is 23.3. The Morgan fingerprint density at radius 2 is 0.722 bits per heavy atom. The zero-order chi connectivity index (χ0) is 52.2.